The number of aryl methyl sites for hydroxylation is 2. The number of carbonyl (C=O) groups is 2. The Balaban J connectivity index is 1.71. The second-order valence-electron chi connectivity index (χ2n) is 11.2. The summed E-state index contributed by atoms with van der Waals surface area (Å²) in [6, 6.07) is 23.8. The van der Waals surface area contributed by atoms with Crippen molar-refractivity contribution in [3.05, 3.63) is 101 Å². The van der Waals surface area contributed by atoms with Gasteiger partial charge in [0.25, 0.3) is 0 Å². The first kappa shape index (κ1) is 30.3. The van der Waals surface area contributed by atoms with Gasteiger partial charge in [0.1, 0.15) is 12.6 Å². The highest BCUT2D eigenvalue weighted by Crippen LogP contribution is 2.22. The zero-order valence-corrected chi connectivity index (χ0v) is 25.1. The van der Waals surface area contributed by atoms with E-state index in [0.717, 1.165) is 64.9 Å². The molecule has 0 radical (unpaired) electrons. The zero-order valence-electron chi connectivity index (χ0n) is 24.3. The number of nitrogens with zero attached hydrogens (tertiary/aromatic N) is 2. The van der Waals surface area contributed by atoms with Crippen molar-refractivity contribution < 1.29 is 18.0 Å². The molecule has 3 aromatic rings. The Morgan fingerprint density at radius 1 is 0.829 bits per heavy atom. The number of nitrogens with one attached hydrogen (secondary N) is 1. The number of carbonyl (C=O) groups excluding carboxylic acids is 2. The van der Waals surface area contributed by atoms with E-state index in [9.17, 15) is 18.0 Å². The van der Waals surface area contributed by atoms with Crippen LogP contribution >= 0.6 is 0 Å². The second kappa shape index (κ2) is 13.8. The van der Waals surface area contributed by atoms with Gasteiger partial charge in [0, 0.05) is 19.0 Å². The Bertz CT molecular complexity index is 1400. The third-order valence-corrected chi connectivity index (χ3v) is 8.84. The predicted octanol–water partition coefficient (Wildman–Crippen LogP) is 5.16. The Labute approximate surface area is 244 Å². The molecule has 0 aromatic heterocycles. The maximum Gasteiger partial charge on any atom is 0.244 e. The predicted molar refractivity (Wildman–Crippen MR) is 164 cm³/mol. The average molecular weight is 576 g/mol. The molecular weight excluding hydrogens is 534 g/mol. The van der Waals surface area contributed by atoms with E-state index in [2.05, 4.69) is 5.32 Å². The normalized spacial score (nSPS) is 14.7. The van der Waals surface area contributed by atoms with Crippen LogP contribution in [0, 0.1) is 13.8 Å². The van der Waals surface area contributed by atoms with Crippen LogP contribution in [0.5, 0.6) is 0 Å². The molecular formula is C33H41N3O4S. The Kier molecular flexibility index (Phi) is 10.2. The van der Waals surface area contributed by atoms with Gasteiger partial charge in [0.2, 0.25) is 21.8 Å². The van der Waals surface area contributed by atoms with Gasteiger partial charge < -0.3 is 10.2 Å². The molecule has 2 amide bonds. The van der Waals surface area contributed by atoms with Crippen LogP contribution in [0.3, 0.4) is 0 Å². The van der Waals surface area contributed by atoms with Crippen molar-refractivity contribution in [3.8, 4) is 0 Å². The number of anilines is 1. The van der Waals surface area contributed by atoms with E-state index in [1.807, 2.05) is 80.6 Å². The van der Waals surface area contributed by atoms with E-state index in [1.54, 1.807) is 17.0 Å². The fraction of sp³-hybridized carbons (Fsp3) is 0.394. The van der Waals surface area contributed by atoms with Crippen molar-refractivity contribution >= 4 is 27.5 Å². The van der Waals surface area contributed by atoms with E-state index >= 15 is 0 Å². The van der Waals surface area contributed by atoms with E-state index in [4.69, 9.17) is 0 Å². The topological polar surface area (TPSA) is 86.8 Å². The summed E-state index contributed by atoms with van der Waals surface area (Å²) < 4.78 is 26.9. The lowest BCUT2D eigenvalue weighted by Crippen LogP contribution is -2.55. The summed E-state index contributed by atoms with van der Waals surface area (Å²) in [4.78, 5) is 29.7. The van der Waals surface area contributed by atoms with Crippen molar-refractivity contribution in [1.29, 1.82) is 0 Å². The second-order valence-corrected chi connectivity index (χ2v) is 13.1. The van der Waals surface area contributed by atoms with Crippen LogP contribution in [0.1, 0.15) is 54.4 Å². The van der Waals surface area contributed by atoms with Gasteiger partial charge in [-0.25, -0.2) is 8.42 Å². The number of hydrogen-bond donors (Lipinski definition) is 1. The number of rotatable bonds is 11. The van der Waals surface area contributed by atoms with Crippen molar-refractivity contribution in [1.82, 2.24) is 10.2 Å². The van der Waals surface area contributed by atoms with Gasteiger partial charge in [-0.2, -0.15) is 0 Å². The molecule has 0 heterocycles. The number of benzene rings is 3. The Morgan fingerprint density at radius 3 is 2.00 bits per heavy atom. The van der Waals surface area contributed by atoms with Crippen molar-refractivity contribution in [2.45, 2.75) is 71.0 Å². The van der Waals surface area contributed by atoms with Crippen LogP contribution in [-0.2, 0) is 32.6 Å². The third kappa shape index (κ3) is 8.67. The first-order valence-electron chi connectivity index (χ1n) is 14.3. The lowest BCUT2D eigenvalue weighted by molar-refractivity contribution is -0.140. The molecule has 8 heteroatoms. The molecule has 3 aromatic carbocycles. The largest absolute Gasteiger partial charge is 0.352 e. The molecule has 0 unspecified atom stereocenters. The molecule has 1 N–H and O–H groups in total. The summed E-state index contributed by atoms with van der Waals surface area (Å²) in [7, 11) is -3.78. The molecule has 218 valence electrons. The molecule has 1 fully saturated rings. The van der Waals surface area contributed by atoms with E-state index in [0.29, 0.717) is 12.1 Å². The minimum absolute atomic E-state index is 0.0749. The number of amides is 2. The monoisotopic (exact) mass is 575 g/mol. The molecule has 0 saturated heterocycles. The fourth-order valence-electron chi connectivity index (χ4n) is 5.31. The quantitative estimate of drug-likeness (QED) is 0.342. The SMILES string of the molecule is Cc1ccc(CN(C(=O)CN(c2ccc(C)cc2)S(C)(=O)=O)[C@H](Cc2ccccc2)C(=O)NC2CCCCC2)cc1. The molecule has 0 aliphatic heterocycles. The maximum absolute atomic E-state index is 14.2. The van der Waals surface area contributed by atoms with Crippen molar-refractivity contribution in [2.24, 2.45) is 0 Å². The van der Waals surface area contributed by atoms with E-state index in [1.165, 1.54) is 0 Å². The van der Waals surface area contributed by atoms with Crippen LogP contribution in [0.4, 0.5) is 5.69 Å². The van der Waals surface area contributed by atoms with Gasteiger partial charge in [-0.1, -0.05) is 97.1 Å². The average Bonchev–Trinajstić information content (AvgIpc) is 2.95. The van der Waals surface area contributed by atoms with Gasteiger partial charge in [0.15, 0.2) is 0 Å². The molecule has 1 aliphatic carbocycles. The number of sulfonamides is 1. The van der Waals surface area contributed by atoms with Gasteiger partial charge >= 0.3 is 0 Å². The van der Waals surface area contributed by atoms with Crippen LogP contribution in [0.15, 0.2) is 78.9 Å². The molecule has 41 heavy (non-hydrogen) atoms. The van der Waals surface area contributed by atoms with Crippen LogP contribution in [-0.4, -0.2) is 50.0 Å². The minimum Gasteiger partial charge on any atom is -0.352 e. The van der Waals surface area contributed by atoms with Crippen LogP contribution in [0.25, 0.3) is 0 Å². The van der Waals surface area contributed by atoms with Gasteiger partial charge in [-0.3, -0.25) is 13.9 Å². The lowest BCUT2D eigenvalue weighted by atomic mass is 9.94. The van der Waals surface area contributed by atoms with Gasteiger partial charge in [-0.05, 0) is 49.9 Å². The first-order valence-corrected chi connectivity index (χ1v) is 16.2. The van der Waals surface area contributed by atoms with Gasteiger partial charge in [0.05, 0.1) is 11.9 Å². The van der Waals surface area contributed by atoms with Crippen LogP contribution < -0.4 is 9.62 Å². The summed E-state index contributed by atoms with van der Waals surface area (Å²) in [6.07, 6.45) is 6.57. The lowest BCUT2D eigenvalue weighted by Gasteiger charge is -2.35. The van der Waals surface area contributed by atoms with E-state index in [-0.39, 0.29) is 18.5 Å². The minimum atomic E-state index is -3.78. The third-order valence-electron chi connectivity index (χ3n) is 7.70. The number of hydrogen-bond acceptors (Lipinski definition) is 4. The van der Waals surface area contributed by atoms with Crippen molar-refractivity contribution in [2.75, 3.05) is 17.1 Å². The molecule has 7 nitrogen and oxygen atoms in total. The molecule has 0 bridgehead atoms. The summed E-state index contributed by atoms with van der Waals surface area (Å²) in [5.74, 6) is -0.640. The highest BCUT2D eigenvalue weighted by molar-refractivity contribution is 7.92. The van der Waals surface area contributed by atoms with E-state index < -0.39 is 28.5 Å². The summed E-state index contributed by atoms with van der Waals surface area (Å²) in [6.45, 7) is 3.69. The molecule has 1 saturated carbocycles. The summed E-state index contributed by atoms with van der Waals surface area (Å²) >= 11 is 0. The Morgan fingerprint density at radius 2 is 1.41 bits per heavy atom. The zero-order chi connectivity index (χ0) is 29.4. The maximum atomic E-state index is 14.2. The van der Waals surface area contributed by atoms with Crippen LogP contribution in [0.2, 0.25) is 0 Å². The molecule has 1 atom stereocenters. The highest BCUT2D eigenvalue weighted by atomic mass is 32.2. The summed E-state index contributed by atoms with van der Waals surface area (Å²) in [5, 5.41) is 3.23. The Hall–Kier alpha value is -3.65. The molecule has 0 spiro atoms. The van der Waals surface area contributed by atoms with Gasteiger partial charge in [-0.15, -0.1) is 0 Å². The first-order chi connectivity index (χ1) is 19.6. The fourth-order valence-corrected chi connectivity index (χ4v) is 6.16. The molecule has 4 rings (SSSR count). The molecule has 1 aliphatic rings. The smallest absolute Gasteiger partial charge is 0.244 e. The highest BCUT2D eigenvalue weighted by Gasteiger charge is 2.34. The summed E-state index contributed by atoms with van der Waals surface area (Å²) in [5.41, 5.74) is 4.28. The standard InChI is InChI=1S/C33H41N3O4S/c1-25-14-18-28(19-15-25)23-35(32(37)24-36(41(3,39)40)30-20-16-26(2)17-21-30)31(22-27-10-6-4-7-11-27)33(38)34-29-12-8-5-9-13-29/h4,6-7,10-11,14-21,29,31H,5,8-9,12-13,22-24H2,1-3H3,(H,34,38)/t31-/m1/s1. The van der Waals surface area contributed by atoms with Crippen molar-refractivity contribution in [3.63, 3.8) is 0 Å².